The number of halogens is 1. The van der Waals surface area contributed by atoms with E-state index in [1.54, 1.807) is 0 Å². The van der Waals surface area contributed by atoms with Crippen molar-refractivity contribution < 1.29 is 0 Å². The third kappa shape index (κ3) is 2.60. The van der Waals surface area contributed by atoms with Crippen molar-refractivity contribution in [2.45, 2.75) is 39.5 Å². The Hall–Kier alpha value is -0.490. The van der Waals surface area contributed by atoms with E-state index in [1.165, 1.54) is 24.0 Å². The molecule has 0 heterocycles. The molecule has 0 amide bonds. The molecule has 0 aromatic heterocycles. The summed E-state index contributed by atoms with van der Waals surface area (Å²) in [7, 11) is 0. The van der Waals surface area contributed by atoms with E-state index in [0.717, 1.165) is 24.6 Å². The van der Waals surface area contributed by atoms with Crippen molar-refractivity contribution >= 4 is 11.6 Å². The first-order valence-electron chi connectivity index (χ1n) is 6.32. The van der Waals surface area contributed by atoms with E-state index in [4.69, 9.17) is 11.6 Å². The molecule has 1 unspecified atom stereocenters. The van der Waals surface area contributed by atoms with Gasteiger partial charge in [0.15, 0.2) is 0 Å². The van der Waals surface area contributed by atoms with Gasteiger partial charge in [-0.15, -0.1) is 11.6 Å². The highest BCUT2D eigenvalue weighted by Crippen LogP contribution is 2.48. The lowest BCUT2D eigenvalue weighted by Gasteiger charge is -2.27. The average molecular weight is 237 g/mol. The van der Waals surface area contributed by atoms with Crippen LogP contribution in [0.1, 0.15) is 37.8 Å². The third-order valence-electron chi connectivity index (χ3n) is 3.91. The SMILES string of the molecule is CCc1ccc(CC(C)(CCl)C2CC2)cc1. The molecule has 0 bridgehead atoms. The fraction of sp³-hybridized carbons (Fsp3) is 0.600. The molecule has 2 rings (SSSR count). The van der Waals surface area contributed by atoms with E-state index in [1.807, 2.05) is 0 Å². The molecular weight excluding hydrogens is 216 g/mol. The molecule has 1 aromatic carbocycles. The van der Waals surface area contributed by atoms with E-state index in [2.05, 4.69) is 38.1 Å². The van der Waals surface area contributed by atoms with Gasteiger partial charge in [-0.3, -0.25) is 0 Å². The van der Waals surface area contributed by atoms with Crippen molar-refractivity contribution in [3.63, 3.8) is 0 Å². The molecule has 1 aromatic rings. The highest BCUT2D eigenvalue weighted by molar-refractivity contribution is 6.18. The van der Waals surface area contributed by atoms with Crippen LogP contribution >= 0.6 is 11.6 Å². The highest BCUT2D eigenvalue weighted by Gasteiger charge is 2.40. The van der Waals surface area contributed by atoms with Gasteiger partial charge in [-0.1, -0.05) is 38.1 Å². The van der Waals surface area contributed by atoms with Crippen LogP contribution in [0.2, 0.25) is 0 Å². The van der Waals surface area contributed by atoms with Crippen LogP contribution < -0.4 is 0 Å². The summed E-state index contributed by atoms with van der Waals surface area (Å²) in [4.78, 5) is 0. The minimum Gasteiger partial charge on any atom is -0.126 e. The summed E-state index contributed by atoms with van der Waals surface area (Å²) in [6.45, 7) is 4.54. The lowest BCUT2D eigenvalue weighted by molar-refractivity contribution is 0.313. The lowest BCUT2D eigenvalue weighted by Crippen LogP contribution is -2.24. The number of rotatable bonds is 5. The van der Waals surface area contributed by atoms with E-state index in [0.29, 0.717) is 5.41 Å². The second-order valence-electron chi connectivity index (χ2n) is 5.41. The van der Waals surface area contributed by atoms with Gasteiger partial charge in [-0.25, -0.2) is 0 Å². The fourth-order valence-electron chi connectivity index (χ4n) is 2.44. The summed E-state index contributed by atoms with van der Waals surface area (Å²) in [6.07, 6.45) is 4.99. The van der Waals surface area contributed by atoms with Crippen LogP contribution in [0.4, 0.5) is 0 Å². The third-order valence-corrected chi connectivity index (χ3v) is 4.52. The molecule has 0 nitrogen and oxygen atoms in total. The molecule has 1 heteroatoms. The predicted molar refractivity (Wildman–Crippen MR) is 71.1 cm³/mol. The van der Waals surface area contributed by atoms with Gasteiger partial charge in [0.25, 0.3) is 0 Å². The summed E-state index contributed by atoms with van der Waals surface area (Å²) in [5.74, 6) is 1.64. The second kappa shape index (κ2) is 4.79. The van der Waals surface area contributed by atoms with Gasteiger partial charge >= 0.3 is 0 Å². The molecule has 0 radical (unpaired) electrons. The molecule has 1 saturated carbocycles. The maximum atomic E-state index is 6.15. The van der Waals surface area contributed by atoms with Crippen molar-refractivity contribution in [1.82, 2.24) is 0 Å². The van der Waals surface area contributed by atoms with Gasteiger partial charge in [-0.05, 0) is 48.1 Å². The van der Waals surface area contributed by atoms with Crippen LogP contribution in [-0.2, 0) is 12.8 Å². The van der Waals surface area contributed by atoms with E-state index in [9.17, 15) is 0 Å². The zero-order valence-electron chi connectivity index (χ0n) is 10.3. The molecule has 0 aliphatic heterocycles. The van der Waals surface area contributed by atoms with Crippen LogP contribution in [0.5, 0.6) is 0 Å². The monoisotopic (exact) mass is 236 g/mol. The minimum atomic E-state index is 0.315. The Morgan fingerprint density at radius 2 is 1.75 bits per heavy atom. The topological polar surface area (TPSA) is 0 Å². The maximum Gasteiger partial charge on any atom is 0.0283 e. The Kier molecular flexibility index (Phi) is 3.59. The van der Waals surface area contributed by atoms with Crippen molar-refractivity contribution in [2.75, 3.05) is 5.88 Å². The fourth-order valence-corrected chi connectivity index (χ4v) is 2.75. The summed E-state index contributed by atoms with van der Waals surface area (Å²) >= 11 is 6.15. The number of hydrogen-bond acceptors (Lipinski definition) is 0. The number of benzene rings is 1. The molecule has 1 aliphatic rings. The number of aryl methyl sites for hydroxylation is 1. The average Bonchev–Trinajstić information content (AvgIpc) is 3.14. The van der Waals surface area contributed by atoms with Crippen LogP contribution in [0.25, 0.3) is 0 Å². The van der Waals surface area contributed by atoms with Gasteiger partial charge in [-0.2, -0.15) is 0 Å². The Bertz CT molecular complexity index is 337. The highest BCUT2D eigenvalue weighted by atomic mass is 35.5. The second-order valence-corrected chi connectivity index (χ2v) is 5.68. The number of alkyl halides is 1. The Balaban J connectivity index is 2.06. The summed E-state index contributed by atoms with van der Waals surface area (Å²) in [6, 6.07) is 9.03. The smallest absolute Gasteiger partial charge is 0.0283 e. The van der Waals surface area contributed by atoms with Crippen LogP contribution in [0.3, 0.4) is 0 Å². The van der Waals surface area contributed by atoms with Gasteiger partial charge in [0.05, 0.1) is 0 Å². The van der Waals surface area contributed by atoms with E-state index < -0.39 is 0 Å². The molecule has 0 N–H and O–H groups in total. The first kappa shape index (κ1) is 12.0. The zero-order chi connectivity index (χ0) is 11.6. The summed E-state index contributed by atoms with van der Waals surface area (Å²) < 4.78 is 0. The van der Waals surface area contributed by atoms with Crippen LogP contribution in [-0.4, -0.2) is 5.88 Å². The van der Waals surface area contributed by atoms with E-state index >= 15 is 0 Å². The quantitative estimate of drug-likeness (QED) is 0.663. The Labute approximate surface area is 104 Å². The van der Waals surface area contributed by atoms with Gasteiger partial charge in [0.2, 0.25) is 0 Å². The molecule has 0 spiro atoms. The van der Waals surface area contributed by atoms with Crippen molar-refractivity contribution in [3.8, 4) is 0 Å². The largest absolute Gasteiger partial charge is 0.126 e. The van der Waals surface area contributed by atoms with Gasteiger partial charge < -0.3 is 0 Å². The van der Waals surface area contributed by atoms with Crippen molar-refractivity contribution in [1.29, 1.82) is 0 Å². The number of hydrogen-bond donors (Lipinski definition) is 0. The first-order valence-corrected chi connectivity index (χ1v) is 6.85. The summed E-state index contributed by atoms with van der Waals surface area (Å²) in [5, 5.41) is 0. The van der Waals surface area contributed by atoms with Crippen molar-refractivity contribution in [2.24, 2.45) is 11.3 Å². The predicted octanol–water partition coefficient (Wildman–Crippen LogP) is 4.45. The van der Waals surface area contributed by atoms with Gasteiger partial charge in [0, 0.05) is 5.88 Å². The normalized spacial score (nSPS) is 19.4. The molecule has 88 valence electrons. The first-order chi connectivity index (χ1) is 7.68. The lowest BCUT2D eigenvalue weighted by atomic mass is 9.81. The Morgan fingerprint density at radius 1 is 1.19 bits per heavy atom. The molecule has 0 saturated heterocycles. The zero-order valence-corrected chi connectivity index (χ0v) is 11.1. The molecular formula is C15H21Cl. The molecule has 1 atom stereocenters. The van der Waals surface area contributed by atoms with Crippen molar-refractivity contribution in [3.05, 3.63) is 35.4 Å². The Morgan fingerprint density at radius 3 is 2.19 bits per heavy atom. The molecule has 1 aliphatic carbocycles. The van der Waals surface area contributed by atoms with Crippen LogP contribution in [0, 0.1) is 11.3 Å². The molecule has 1 fully saturated rings. The minimum absolute atomic E-state index is 0.315. The molecule has 16 heavy (non-hydrogen) atoms. The van der Waals surface area contributed by atoms with E-state index in [-0.39, 0.29) is 0 Å². The van der Waals surface area contributed by atoms with Gasteiger partial charge in [0.1, 0.15) is 0 Å². The standard InChI is InChI=1S/C15H21Cl/c1-3-12-4-6-13(7-5-12)10-15(2,11-16)14-8-9-14/h4-7,14H,3,8-11H2,1-2H3. The summed E-state index contributed by atoms with van der Waals surface area (Å²) in [5.41, 5.74) is 3.17. The maximum absolute atomic E-state index is 6.15. The van der Waals surface area contributed by atoms with Crippen LogP contribution in [0.15, 0.2) is 24.3 Å².